The fraction of sp³-hybridized carbons (Fsp3) is 0.318. The van der Waals surface area contributed by atoms with Crippen molar-refractivity contribution in [3.05, 3.63) is 53.6 Å². The van der Waals surface area contributed by atoms with E-state index in [-0.39, 0.29) is 12.5 Å². The van der Waals surface area contributed by atoms with Crippen LogP contribution in [0.15, 0.2) is 42.5 Å². The van der Waals surface area contributed by atoms with Gasteiger partial charge in [-0.3, -0.25) is 9.59 Å². The summed E-state index contributed by atoms with van der Waals surface area (Å²) in [6.07, 6.45) is 0. The van der Waals surface area contributed by atoms with Crippen LogP contribution in [0.2, 0.25) is 0 Å². The van der Waals surface area contributed by atoms with Crippen LogP contribution in [0.3, 0.4) is 0 Å². The first-order chi connectivity index (χ1) is 13.7. The van der Waals surface area contributed by atoms with Crippen molar-refractivity contribution in [2.75, 3.05) is 23.8 Å². The van der Waals surface area contributed by atoms with Crippen LogP contribution >= 0.6 is 0 Å². The van der Waals surface area contributed by atoms with Gasteiger partial charge in [0.2, 0.25) is 5.91 Å². The average molecular weight is 398 g/mol. The Hall–Kier alpha value is -3.35. The molecule has 0 fully saturated rings. The number of benzene rings is 2. The van der Waals surface area contributed by atoms with Crippen molar-refractivity contribution >= 4 is 29.2 Å². The highest BCUT2D eigenvalue weighted by atomic mass is 16.6. The van der Waals surface area contributed by atoms with Crippen LogP contribution < -0.4 is 15.4 Å². The summed E-state index contributed by atoms with van der Waals surface area (Å²) in [5.41, 5.74) is 3.46. The second kappa shape index (κ2) is 10.3. The molecular weight excluding hydrogens is 372 g/mol. The highest BCUT2D eigenvalue weighted by Gasteiger charge is 2.10. The SMILES string of the molecule is CC(=O)Nc1ccc(NC(=O)COC(=O)COc2ccc(C(C)C)c(C)c2)cc1. The number of ether oxygens (including phenoxy) is 2. The Morgan fingerprint density at radius 2 is 1.55 bits per heavy atom. The van der Waals surface area contributed by atoms with Crippen molar-refractivity contribution in [1.29, 1.82) is 0 Å². The minimum Gasteiger partial charge on any atom is -0.482 e. The number of hydrogen-bond donors (Lipinski definition) is 2. The number of carbonyl (C=O) groups is 3. The zero-order valence-electron chi connectivity index (χ0n) is 17.1. The van der Waals surface area contributed by atoms with Crippen LogP contribution in [0.4, 0.5) is 11.4 Å². The van der Waals surface area contributed by atoms with E-state index >= 15 is 0 Å². The second-order valence-electron chi connectivity index (χ2n) is 6.93. The van der Waals surface area contributed by atoms with Crippen molar-refractivity contribution in [2.45, 2.75) is 33.6 Å². The van der Waals surface area contributed by atoms with Gasteiger partial charge in [-0.1, -0.05) is 19.9 Å². The van der Waals surface area contributed by atoms with E-state index in [4.69, 9.17) is 9.47 Å². The molecule has 29 heavy (non-hydrogen) atoms. The molecule has 0 aliphatic rings. The van der Waals surface area contributed by atoms with E-state index in [2.05, 4.69) is 24.5 Å². The monoisotopic (exact) mass is 398 g/mol. The number of anilines is 2. The quantitative estimate of drug-likeness (QED) is 0.662. The van der Waals surface area contributed by atoms with Crippen molar-refractivity contribution in [2.24, 2.45) is 0 Å². The van der Waals surface area contributed by atoms with Gasteiger partial charge in [-0.05, 0) is 60.4 Å². The number of esters is 1. The Morgan fingerprint density at radius 1 is 0.931 bits per heavy atom. The van der Waals surface area contributed by atoms with Gasteiger partial charge in [-0.2, -0.15) is 0 Å². The van der Waals surface area contributed by atoms with E-state index in [1.165, 1.54) is 12.5 Å². The topological polar surface area (TPSA) is 93.7 Å². The molecular formula is C22H26N2O5. The number of carbonyl (C=O) groups excluding carboxylic acids is 3. The first kappa shape index (κ1) is 21.9. The Bertz CT molecular complexity index is 875. The van der Waals surface area contributed by atoms with E-state index in [1.807, 2.05) is 25.1 Å². The maximum Gasteiger partial charge on any atom is 0.344 e. The normalized spacial score (nSPS) is 10.4. The minimum atomic E-state index is -0.633. The van der Waals surface area contributed by atoms with Gasteiger partial charge in [-0.15, -0.1) is 0 Å². The van der Waals surface area contributed by atoms with Crippen molar-refractivity contribution in [3.63, 3.8) is 0 Å². The van der Waals surface area contributed by atoms with Crippen LogP contribution in [0.1, 0.15) is 37.8 Å². The Balaban J connectivity index is 1.75. The van der Waals surface area contributed by atoms with Crippen LogP contribution in [-0.4, -0.2) is 31.0 Å². The maximum atomic E-state index is 11.9. The van der Waals surface area contributed by atoms with E-state index in [9.17, 15) is 14.4 Å². The molecule has 7 heteroatoms. The predicted molar refractivity (Wildman–Crippen MR) is 111 cm³/mol. The molecule has 0 heterocycles. The lowest BCUT2D eigenvalue weighted by Gasteiger charge is -2.12. The molecule has 2 aromatic rings. The van der Waals surface area contributed by atoms with Gasteiger partial charge in [0.25, 0.3) is 5.91 Å². The summed E-state index contributed by atoms with van der Waals surface area (Å²) in [5, 5.41) is 5.24. The van der Waals surface area contributed by atoms with E-state index in [1.54, 1.807) is 24.3 Å². The van der Waals surface area contributed by atoms with E-state index in [0.717, 1.165) is 5.56 Å². The lowest BCUT2D eigenvalue weighted by Crippen LogP contribution is -2.23. The Kier molecular flexibility index (Phi) is 7.77. The minimum absolute atomic E-state index is 0.179. The summed E-state index contributed by atoms with van der Waals surface area (Å²) in [5.74, 6) is -0.293. The van der Waals surface area contributed by atoms with Gasteiger partial charge in [0.05, 0.1) is 0 Å². The molecule has 0 saturated carbocycles. The highest BCUT2D eigenvalue weighted by molar-refractivity contribution is 5.93. The molecule has 2 aromatic carbocycles. The molecule has 0 saturated heterocycles. The third-order valence-electron chi connectivity index (χ3n) is 4.07. The molecule has 0 aliphatic carbocycles. The molecule has 0 aliphatic heterocycles. The summed E-state index contributed by atoms with van der Waals surface area (Å²) >= 11 is 0. The van der Waals surface area contributed by atoms with E-state index in [0.29, 0.717) is 23.0 Å². The molecule has 2 amide bonds. The van der Waals surface area contributed by atoms with Gasteiger partial charge in [0.15, 0.2) is 13.2 Å². The largest absolute Gasteiger partial charge is 0.482 e. The second-order valence-corrected chi connectivity index (χ2v) is 6.93. The van der Waals surface area contributed by atoms with Gasteiger partial charge in [0.1, 0.15) is 5.75 Å². The van der Waals surface area contributed by atoms with Crippen LogP contribution in [0, 0.1) is 6.92 Å². The zero-order chi connectivity index (χ0) is 21.4. The first-order valence-corrected chi connectivity index (χ1v) is 9.31. The van der Waals surface area contributed by atoms with Gasteiger partial charge in [-0.25, -0.2) is 4.79 Å². The smallest absolute Gasteiger partial charge is 0.344 e. The lowest BCUT2D eigenvalue weighted by atomic mass is 9.98. The Labute approximate surface area is 170 Å². The first-order valence-electron chi connectivity index (χ1n) is 9.31. The molecule has 0 atom stereocenters. The third kappa shape index (κ3) is 7.29. The van der Waals surface area contributed by atoms with E-state index < -0.39 is 18.5 Å². The summed E-state index contributed by atoms with van der Waals surface area (Å²) in [6.45, 7) is 6.94. The molecule has 154 valence electrons. The zero-order valence-corrected chi connectivity index (χ0v) is 17.1. The van der Waals surface area contributed by atoms with Gasteiger partial charge in [0, 0.05) is 18.3 Å². The Morgan fingerprint density at radius 3 is 2.10 bits per heavy atom. The fourth-order valence-corrected chi connectivity index (χ4v) is 2.75. The van der Waals surface area contributed by atoms with Crippen molar-refractivity contribution in [3.8, 4) is 5.75 Å². The third-order valence-corrected chi connectivity index (χ3v) is 4.07. The van der Waals surface area contributed by atoms with Crippen molar-refractivity contribution in [1.82, 2.24) is 0 Å². The number of amides is 2. The average Bonchev–Trinajstić information content (AvgIpc) is 2.65. The molecule has 7 nitrogen and oxygen atoms in total. The number of hydrogen-bond acceptors (Lipinski definition) is 5. The number of rotatable bonds is 8. The highest BCUT2D eigenvalue weighted by Crippen LogP contribution is 2.23. The molecule has 0 bridgehead atoms. The maximum absolute atomic E-state index is 11.9. The van der Waals surface area contributed by atoms with Crippen LogP contribution in [-0.2, 0) is 19.1 Å². The molecule has 2 N–H and O–H groups in total. The molecule has 0 spiro atoms. The summed E-state index contributed by atoms with van der Waals surface area (Å²) in [6, 6.07) is 12.2. The van der Waals surface area contributed by atoms with Gasteiger partial charge < -0.3 is 20.1 Å². The molecule has 0 aromatic heterocycles. The summed E-state index contributed by atoms with van der Waals surface area (Å²) < 4.78 is 10.4. The number of nitrogens with one attached hydrogen (secondary N) is 2. The van der Waals surface area contributed by atoms with Crippen molar-refractivity contribution < 1.29 is 23.9 Å². The fourth-order valence-electron chi connectivity index (χ4n) is 2.75. The lowest BCUT2D eigenvalue weighted by molar-refractivity contribution is -0.149. The summed E-state index contributed by atoms with van der Waals surface area (Å²) in [4.78, 5) is 34.7. The summed E-state index contributed by atoms with van der Waals surface area (Å²) in [7, 11) is 0. The predicted octanol–water partition coefficient (Wildman–Crippen LogP) is 3.64. The standard InChI is InChI=1S/C22H26N2O5/c1-14(2)20-10-9-19(11-15(20)3)28-13-22(27)29-12-21(26)24-18-7-5-17(6-8-18)23-16(4)25/h5-11,14H,12-13H2,1-4H3,(H,23,25)(H,24,26). The number of aryl methyl sites for hydroxylation is 1. The van der Waals surface area contributed by atoms with Crippen LogP contribution in [0.25, 0.3) is 0 Å². The molecule has 0 unspecified atom stereocenters. The molecule has 0 radical (unpaired) electrons. The van der Waals surface area contributed by atoms with Gasteiger partial charge >= 0.3 is 5.97 Å². The molecule has 2 rings (SSSR count). The van der Waals surface area contributed by atoms with Crippen LogP contribution in [0.5, 0.6) is 5.75 Å².